The van der Waals surface area contributed by atoms with Gasteiger partial charge in [-0.1, -0.05) is 54.6 Å². The van der Waals surface area contributed by atoms with Crippen molar-refractivity contribution in [2.45, 2.75) is 13.5 Å². The maximum atomic E-state index is 13.4. The van der Waals surface area contributed by atoms with E-state index in [0.29, 0.717) is 18.0 Å². The molecule has 4 aromatic carbocycles. The van der Waals surface area contributed by atoms with Crippen molar-refractivity contribution in [2.24, 2.45) is 0 Å². The van der Waals surface area contributed by atoms with E-state index in [4.69, 9.17) is 9.47 Å². The Morgan fingerprint density at radius 2 is 1.68 bits per heavy atom. The summed E-state index contributed by atoms with van der Waals surface area (Å²) in [5, 5.41) is 2.92. The predicted octanol–water partition coefficient (Wildman–Crippen LogP) is 6.83. The molecule has 1 heterocycles. The Kier molecular flexibility index (Phi) is 5.76. The van der Waals surface area contributed by atoms with E-state index >= 15 is 0 Å². The molecule has 1 aromatic heterocycles. The van der Waals surface area contributed by atoms with Crippen LogP contribution in [0.4, 0.5) is 4.39 Å². The number of fused-ring (bicyclic) bond motifs is 3. The van der Waals surface area contributed by atoms with E-state index in [-0.39, 0.29) is 18.4 Å². The minimum absolute atomic E-state index is 0.265. The van der Waals surface area contributed by atoms with E-state index in [0.717, 1.165) is 38.4 Å². The van der Waals surface area contributed by atoms with Gasteiger partial charge in [-0.3, -0.25) is 0 Å². The third kappa shape index (κ3) is 3.90. The highest BCUT2D eigenvalue weighted by atomic mass is 19.1. The lowest BCUT2D eigenvalue weighted by molar-refractivity contribution is 0.0515. The van der Waals surface area contributed by atoms with E-state index in [1.54, 1.807) is 26.2 Å². The number of esters is 1. The van der Waals surface area contributed by atoms with Crippen molar-refractivity contribution in [1.82, 2.24) is 4.57 Å². The van der Waals surface area contributed by atoms with Crippen LogP contribution in [0, 0.1) is 5.82 Å². The first-order chi connectivity index (χ1) is 16.6. The molecule has 0 aliphatic carbocycles. The number of hydrogen-bond donors (Lipinski definition) is 0. The summed E-state index contributed by atoms with van der Waals surface area (Å²) >= 11 is 0. The van der Waals surface area contributed by atoms with Crippen molar-refractivity contribution in [1.29, 1.82) is 0 Å². The summed E-state index contributed by atoms with van der Waals surface area (Å²) < 4.78 is 26.5. The molecule has 0 saturated carbocycles. The van der Waals surface area contributed by atoms with E-state index in [1.165, 1.54) is 12.1 Å². The van der Waals surface area contributed by atoms with Crippen molar-refractivity contribution in [3.05, 3.63) is 102 Å². The highest BCUT2D eigenvalue weighted by Crippen LogP contribution is 2.36. The molecule has 0 aliphatic heterocycles. The van der Waals surface area contributed by atoms with Crippen LogP contribution in [0.3, 0.4) is 0 Å². The van der Waals surface area contributed by atoms with E-state index in [9.17, 15) is 9.18 Å². The zero-order chi connectivity index (χ0) is 23.7. The van der Waals surface area contributed by atoms with Crippen LogP contribution in [-0.2, 0) is 11.3 Å². The topological polar surface area (TPSA) is 40.5 Å². The van der Waals surface area contributed by atoms with Gasteiger partial charge in [-0.15, -0.1) is 0 Å². The Balaban J connectivity index is 1.70. The molecule has 0 unspecified atom stereocenters. The van der Waals surface area contributed by atoms with Crippen LogP contribution in [0.15, 0.2) is 84.9 Å². The first-order valence-electron chi connectivity index (χ1n) is 11.2. The number of halogens is 1. The van der Waals surface area contributed by atoms with Crippen molar-refractivity contribution in [2.75, 3.05) is 13.7 Å². The zero-order valence-electron chi connectivity index (χ0n) is 19.0. The van der Waals surface area contributed by atoms with Crippen molar-refractivity contribution in [3.8, 4) is 16.9 Å². The lowest BCUT2D eigenvalue weighted by Crippen LogP contribution is -2.13. The minimum Gasteiger partial charge on any atom is -0.496 e. The molecule has 0 fully saturated rings. The number of methoxy groups -OCH3 is 1. The van der Waals surface area contributed by atoms with Crippen LogP contribution in [-0.4, -0.2) is 24.3 Å². The number of carbonyl (C=O) groups is 1. The molecule has 0 N–H and O–H groups in total. The molecule has 0 spiro atoms. The minimum atomic E-state index is -0.375. The van der Waals surface area contributed by atoms with Gasteiger partial charge in [0.05, 0.1) is 19.2 Å². The Morgan fingerprint density at radius 3 is 2.44 bits per heavy atom. The van der Waals surface area contributed by atoms with Gasteiger partial charge in [0.2, 0.25) is 0 Å². The lowest BCUT2D eigenvalue weighted by atomic mass is 10.0. The van der Waals surface area contributed by atoms with Crippen molar-refractivity contribution in [3.63, 3.8) is 0 Å². The van der Waals surface area contributed by atoms with Crippen molar-refractivity contribution < 1.29 is 18.7 Å². The van der Waals surface area contributed by atoms with Crippen LogP contribution in [0.1, 0.15) is 23.0 Å². The summed E-state index contributed by atoms with van der Waals surface area (Å²) in [4.78, 5) is 13.0. The number of aromatic nitrogens is 1. The summed E-state index contributed by atoms with van der Waals surface area (Å²) in [6.45, 7) is 2.55. The molecule has 4 nitrogen and oxygen atoms in total. The smallest absolute Gasteiger partial charge is 0.354 e. The van der Waals surface area contributed by atoms with E-state index in [1.807, 2.05) is 53.1 Å². The monoisotopic (exact) mass is 453 g/mol. The summed E-state index contributed by atoms with van der Waals surface area (Å²) in [6.07, 6.45) is 0. The lowest BCUT2D eigenvalue weighted by Gasteiger charge is -2.14. The maximum Gasteiger partial charge on any atom is 0.354 e. The van der Waals surface area contributed by atoms with Gasteiger partial charge in [-0.2, -0.15) is 0 Å². The van der Waals surface area contributed by atoms with Gasteiger partial charge in [0.25, 0.3) is 0 Å². The van der Waals surface area contributed by atoms with Crippen LogP contribution < -0.4 is 4.74 Å². The molecule has 0 saturated heterocycles. The molecule has 0 bridgehead atoms. The average Bonchev–Trinajstić information content (AvgIpc) is 3.24. The molecule has 0 atom stereocenters. The molecule has 34 heavy (non-hydrogen) atoms. The SMILES string of the molecule is CCOC(=O)c1cc2c(OC)cc3ccccc3c2n1Cc1cccc(-c2ccc(F)cc2)c1. The van der Waals surface area contributed by atoms with Crippen LogP contribution >= 0.6 is 0 Å². The Bertz CT molecular complexity index is 1500. The number of benzene rings is 4. The second-order valence-electron chi connectivity index (χ2n) is 8.11. The third-order valence-electron chi connectivity index (χ3n) is 6.01. The third-order valence-corrected chi connectivity index (χ3v) is 6.01. The van der Waals surface area contributed by atoms with Gasteiger partial charge in [0, 0.05) is 17.3 Å². The Morgan fingerprint density at radius 1 is 0.882 bits per heavy atom. The number of nitrogens with zero attached hydrogens (tertiary/aromatic N) is 1. The molecule has 0 amide bonds. The maximum absolute atomic E-state index is 13.4. The highest BCUT2D eigenvalue weighted by Gasteiger charge is 2.21. The largest absolute Gasteiger partial charge is 0.496 e. The molecule has 5 heteroatoms. The quantitative estimate of drug-likeness (QED) is 0.265. The molecular weight excluding hydrogens is 429 g/mol. The fourth-order valence-corrected chi connectivity index (χ4v) is 4.47. The van der Waals surface area contributed by atoms with Crippen LogP contribution in [0.2, 0.25) is 0 Å². The van der Waals surface area contributed by atoms with Gasteiger partial charge in [-0.25, -0.2) is 9.18 Å². The Labute approximate surface area is 197 Å². The van der Waals surface area contributed by atoms with Crippen LogP contribution in [0.25, 0.3) is 32.8 Å². The van der Waals surface area contributed by atoms with Gasteiger partial charge >= 0.3 is 5.97 Å². The number of hydrogen-bond acceptors (Lipinski definition) is 3. The zero-order valence-corrected chi connectivity index (χ0v) is 19.0. The normalized spacial score (nSPS) is 11.1. The second kappa shape index (κ2) is 9.02. The standard InChI is InChI=1S/C29H24FNO3/c1-3-34-29(32)26-17-25-27(33-2)16-22-8-4-5-10-24(22)28(25)31(26)18-19-7-6-9-21(15-19)20-11-13-23(30)14-12-20/h4-17H,3,18H2,1-2H3. The fourth-order valence-electron chi connectivity index (χ4n) is 4.47. The number of carbonyl (C=O) groups excluding carboxylic acids is 1. The molecule has 5 rings (SSSR count). The van der Waals surface area contributed by atoms with Gasteiger partial charge < -0.3 is 14.0 Å². The van der Waals surface area contributed by atoms with Gasteiger partial charge in [0.15, 0.2) is 0 Å². The van der Waals surface area contributed by atoms with Crippen molar-refractivity contribution >= 4 is 27.6 Å². The van der Waals surface area contributed by atoms with Crippen LogP contribution in [0.5, 0.6) is 5.75 Å². The molecule has 0 radical (unpaired) electrons. The summed E-state index contributed by atoms with van der Waals surface area (Å²) in [7, 11) is 1.64. The second-order valence-corrected chi connectivity index (χ2v) is 8.11. The molecule has 0 aliphatic rings. The number of ether oxygens (including phenoxy) is 2. The summed E-state index contributed by atoms with van der Waals surface area (Å²) in [5.41, 5.74) is 4.31. The molecule has 170 valence electrons. The number of rotatable bonds is 6. The Hall–Kier alpha value is -4.12. The summed E-state index contributed by atoms with van der Waals surface area (Å²) in [6, 6.07) is 26.4. The first-order valence-corrected chi connectivity index (χ1v) is 11.2. The highest BCUT2D eigenvalue weighted by molar-refractivity contribution is 6.11. The fraction of sp³-hybridized carbons (Fsp3) is 0.138. The van der Waals surface area contributed by atoms with E-state index < -0.39 is 0 Å². The predicted molar refractivity (Wildman–Crippen MR) is 133 cm³/mol. The van der Waals surface area contributed by atoms with Gasteiger partial charge in [-0.05, 0) is 59.3 Å². The average molecular weight is 454 g/mol. The molecular formula is C29H24FNO3. The van der Waals surface area contributed by atoms with E-state index in [2.05, 4.69) is 12.1 Å². The molecule has 5 aromatic rings. The van der Waals surface area contributed by atoms with Gasteiger partial charge in [0.1, 0.15) is 17.3 Å². The first kappa shape index (κ1) is 21.7. The summed E-state index contributed by atoms with van der Waals surface area (Å²) in [5.74, 6) is 0.0659.